The second-order valence-corrected chi connectivity index (χ2v) is 7.42. The van der Waals surface area contributed by atoms with Crippen LogP contribution in [-0.4, -0.2) is 40.6 Å². The Labute approximate surface area is 164 Å². The normalized spacial score (nSPS) is 10.5. The van der Waals surface area contributed by atoms with Gasteiger partial charge in [0.1, 0.15) is 5.88 Å². The molecule has 4 nitrogen and oxygen atoms in total. The van der Waals surface area contributed by atoms with Crippen molar-refractivity contribution in [2.75, 3.05) is 19.0 Å². The van der Waals surface area contributed by atoms with Crippen molar-refractivity contribution < 1.29 is 9.59 Å². The summed E-state index contributed by atoms with van der Waals surface area (Å²) >= 11 is 7.35. The maximum atomic E-state index is 13.0. The van der Waals surface area contributed by atoms with Gasteiger partial charge in [0, 0.05) is 18.0 Å². The summed E-state index contributed by atoms with van der Waals surface area (Å²) in [5.41, 5.74) is 1.07. The minimum absolute atomic E-state index is 0.0585. The van der Waals surface area contributed by atoms with E-state index in [1.165, 1.54) is 0 Å². The van der Waals surface area contributed by atoms with Gasteiger partial charge >= 0.3 is 0 Å². The third-order valence-electron chi connectivity index (χ3n) is 4.07. The summed E-state index contributed by atoms with van der Waals surface area (Å²) in [6.07, 6.45) is 1.82. The average molecular weight is 393 g/mol. The molecule has 0 radical (unpaired) electrons. The SMILES string of the molecule is CCCCN(CC(=O)N(Cc1ccccc1)Cc1cccs1)C(=O)CCl. The van der Waals surface area contributed by atoms with E-state index in [-0.39, 0.29) is 24.2 Å². The van der Waals surface area contributed by atoms with Crippen LogP contribution in [0.1, 0.15) is 30.2 Å². The van der Waals surface area contributed by atoms with Crippen molar-refractivity contribution in [2.24, 2.45) is 0 Å². The van der Waals surface area contributed by atoms with Crippen LogP contribution in [0.15, 0.2) is 47.8 Å². The van der Waals surface area contributed by atoms with Crippen LogP contribution in [0.25, 0.3) is 0 Å². The molecule has 1 aromatic carbocycles. The van der Waals surface area contributed by atoms with Gasteiger partial charge in [-0.2, -0.15) is 0 Å². The minimum Gasteiger partial charge on any atom is -0.332 e. The molecule has 0 N–H and O–H groups in total. The van der Waals surface area contributed by atoms with Crippen LogP contribution in [0.5, 0.6) is 0 Å². The number of amides is 2. The number of rotatable bonds is 10. The van der Waals surface area contributed by atoms with Crippen LogP contribution >= 0.6 is 22.9 Å². The number of alkyl halides is 1. The Morgan fingerprint density at radius 2 is 1.77 bits per heavy atom. The van der Waals surface area contributed by atoms with Gasteiger partial charge in [-0.1, -0.05) is 49.7 Å². The third kappa shape index (κ3) is 6.46. The van der Waals surface area contributed by atoms with E-state index in [9.17, 15) is 9.59 Å². The van der Waals surface area contributed by atoms with Gasteiger partial charge in [0.25, 0.3) is 0 Å². The number of benzene rings is 1. The third-order valence-corrected chi connectivity index (χ3v) is 5.16. The Balaban J connectivity index is 2.11. The van der Waals surface area contributed by atoms with E-state index in [4.69, 9.17) is 11.6 Å². The molecule has 2 amide bonds. The first-order valence-electron chi connectivity index (χ1n) is 8.81. The van der Waals surface area contributed by atoms with E-state index in [0.29, 0.717) is 19.6 Å². The van der Waals surface area contributed by atoms with Crippen LogP contribution in [0.3, 0.4) is 0 Å². The highest BCUT2D eigenvalue weighted by molar-refractivity contribution is 7.09. The average Bonchev–Trinajstić information content (AvgIpc) is 3.17. The van der Waals surface area contributed by atoms with Crippen molar-refractivity contribution in [2.45, 2.75) is 32.9 Å². The summed E-state index contributed by atoms with van der Waals surface area (Å²) in [5.74, 6) is -0.346. The second-order valence-electron chi connectivity index (χ2n) is 6.12. The lowest BCUT2D eigenvalue weighted by Crippen LogP contribution is -2.43. The molecule has 0 spiro atoms. The largest absolute Gasteiger partial charge is 0.332 e. The molecule has 0 aliphatic heterocycles. The predicted molar refractivity (Wildman–Crippen MR) is 107 cm³/mol. The molecule has 0 aliphatic carbocycles. The van der Waals surface area contributed by atoms with Crippen LogP contribution in [0, 0.1) is 0 Å². The van der Waals surface area contributed by atoms with E-state index in [1.807, 2.05) is 52.7 Å². The first-order valence-corrected chi connectivity index (χ1v) is 10.2. The van der Waals surface area contributed by atoms with E-state index < -0.39 is 0 Å². The molecule has 1 aromatic heterocycles. The molecular formula is C20H25ClN2O2S. The number of carbonyl (C=O) groups is 2. The lowest BCUT2D eigenvalue weighted by atomic mass is 10.2. The van der Waals surface area contributed by atoms with E-state index in [2.05, 4.69) is 6.92 Å². The highest BCUT2D eigenvalue weighted by Gasteiger charge is 2.21. The van der Waals surface area contributed by atoms with E-state index in [0.717, 1.165) is 23.3 Å². The Morgan fingerprint density at radius 3 is 2.38 bits per heavy atom. The van der Waals surface area contributed by atoms with Crippen LogP contribution in [0.4, 0.5) is 0 Å². The fraction of sp³-hybridized carbons (Fsp3) is 0.400. The Hall–Kier alpha value is -1.85. The number of thiophene rings is 1. The van der Waals surface area contributed by atoms with Gasteiger partial charge in [-0.25, -0.2) is 0 Å². The molecule has 26 heavy (non-hydrogen) atoms. The van der Waals surface area contributed by atoms with Crippen molar-refractivity contribution in [1.29, 1.82) is 0 Å². The summed E-state index contributed by atoms with van der Waals surface area (Å²) < 4.78 is 0. The smallest absolute Gasteiger partial charge is 0.242 e. The van der Waals surface area contributed by atoms with Crippen molar-refractivity contribution in [3.8, 4) is 0 Å². The van der Waals surface area contributed by atoms with Gasteiger partial charge in [-0.05, 0) is 23.4 Å². The van der Waals surface area contributed by atoms with Gasteiger partial charge in [-0.3, -0.25) is 9.59 Å². The topological polar surface area (TPSA) is 40.6 Å². The lowest BCUT2D eigenvalue weighted by Gasteiger charge is -2.27. The molecule has 0 fully saturated rings. The molecule has 1 heterocycles. The molecule has 0 unspecified atom stereocenters. The molecule has 2 aromatic rings. The van der Waals surface area contributed by atoms with Crippen molar-refractivity contribution in [3.05, 3.63) is 58.3 Å². The molecule has 0 bridgehead atoms. The molecule has 2 rings (SSSR count). The predicted octanol–water partition coefficient (Wildman–Crippen LogP) is 4.14. The summed E-state index contributed by atoms with van der Waals surface area (Å²) in [5, 5.41) is 2.01. The number of nitrogens with zero attached hydrogens (tertiary/aromatic N) is 2. The fourth-order valence-corrected chi connectivity index (χ4v) is 3.50. The van der Waals surface area contributed by atoms with Gasteiger partial charge < -0.3 is 9.80 Å². The molecule has 140 valence electrons. The first kappa shape index (κ1) is 20.5. The standard InChI is InChI=1S/C20H25ClN2O2S/c1-2-3-11-22(19(24)13-21)16-20(25)23(15-18-10-7-12-26-18)14-17-8-5-4-6-9-17/h4-10,12H,2-3,11,13-16H2,1H3. The second kappa shape index (κ2) is 11.0. The number of hydrogen-bond donors (Lipinski definition) is 0. The van der Waals surface area contributed by atoms with Crippen molar-refractivity contribution in [3.63, 3.8) is 0 Å². The molecule has 0 atom stereocenters. The Bertz CT molecular complexity index is 676. The number of halogens is 1. The van der Waals surface area contributed by atoms with Gasteiger partial charge in [0.05, 0.1) is 13.1 Å². The Morgan fingerprint density at radius 1 is 1.00 bits per heavy atom. The maximum absolute atomic E-state index is 13.0. The first-order chi connectivity index (χ1) is 12.6. The number of carbonyl (C=O) groups excluding carboxylic acids is 2. The Kier molecular flexibility index (Phi) is 8.65. The van der Waals surface area contributed by atoms with Crippen LogP contribution in [0.2, 0.25) is 0 Å². The van der Waals surface area contributed by atoms with Gasteiger partial charge in [0.2, 0.25) is 11.8 Å². The van der Waals surface area contributed by atoms with Crippen LogP contribution < -0.4 is 0 Å². The number of unbranched alkanes of at least 4 members (excludes halogenated alkanes) is 1. The number of hydrogen-bond acceptors (Lipinski definition) is 3. The highest BCUT2D eigenvalue weighted by Crippen LogP contribution is 2.15. The summed E-state index contributed by atoms with van der Waals surface area (Å²) in [6.45, 7) is 3.76. The summed E-state index contributed by atoms with van der Waals surface area (Å²) in [6, 6.07) is 13.9. The zero-order chi connectivity index (χ0) is 18.8. The highest BCUT2D eigenvalue weighted by atomic mass is 35.5. The van der Waals surface area contributed by atoms with Gasteiger partial charge in [-0.15, -0.1) is 22.9 Å². The molecular weight excluding hydrogens is 368 g/mol. The monoisotopic (exact) mass is 392 g/mol. The van der Waals surface area contributed by atoms with Crippen molar-refractivity contribution >= 4 is 34.8 Å². The molecule has 0 saturated carbocycles. The van der Waals surface area contributed by atoms with E-state index in [1.54, 1.807) is 16.2 Å². The summed E-state index contributed by atoms with van der Waals surface area (Å²) in [4.78, 5) is 29.5. The molecule has 0 aliphatic rings. The van der Waals surface area contributed by atoms with Crippen molar-refractivity contribution in [1.82, 2.24) is 9.80 Å². The quantitative estimate of drug-likeness (QED) is 0.570. The fourth-order valence-electron chi connectivity index (χ4n) is 2.62. The zero-order valence-electron chi connectivity index (χ0n) is 15.1. The molecule has 0 saturated heterocycles. The lowest BCUT2D eigenvalue weighted by molar-refractivity contribution is -0.140. The minimum atomic E-state index is -0.191. The molecule has 6 heteroatoms. The zero-order valence-corrected chi connectivity index (χ0v) is 16.6. The van der Waals surface area contributed by atoms with Crippen LogP contribution in [-0.2, 0) is 22.7 Å². The van der Waals surface area contributed by atoms with E-state index >= 15 is 0 Å². The summed E-state index contributed by atoms with van der Waals surface area (Å²) in [7, 11) is 0. The maximum Gasteiger partial charge on any atom is 0.242 e. The van der Waals surface area contributed by atoms with Gasteiger partial charge in [0.15, 0.2) is 0 Å².